The first-order valence-electron chi connectivity index (χ1n) is 6.49. The molecule has 4 heteroatoms. The smallest absolute Gasteiger partial charge is 0.168 e. The number of unbranched alkanes of at least 4 members (excludes halogenated alkanes) is 1. The topological polar surface area (TPSA) is 55.0 Å². The van der Waals surface area contributed by atoms with Gasteiger partial charge in [0.2, 0.25) is 0 Å². The highest BCUT2D eigenvalue weighted by molar-refractivity contribution is 5.83. The number of H-pyrrole nitrogens is 1. The fraction of sp³-hybridized carbons (Fsp3) is 0.333. The number of aldehydes is 1. The van der Waals surface area contributed by atoms with Gasteiger partial charge in [-0.25, -0.2) is 4.98 Å². The lowest BCUT2D eigenvalue weighted by Gasteiger charge is -2.05. The molecule has 0 fully saturated rings. The molecular formula is C15H18N2O2. The summed E-state index contributed by atoms with van der Waals surface area (Å²) < 4.78 is 5.60. The molecule has 0 amide bonds. The standard InChI is InChI=1S/C15H18N2O2/c1-3-4-9-19-13-7-5-12(6-8-13)15-14(10-18)16-11(2)17-15/h5-8,10H,3-4,9H2,1-2H3,(H,16,17). The van der Waals surface area contributed by atoms with Crippen LogP contribution in [0.1, 0.15) is 36.1 Å². The van der Waals surface area contributed by atoms with E-state index >= 15 is 0 Å². The lowest BCUT2D eigenvalue weighted by Crippen LogP contribution is -1.96. The van der Waals surface area contributed by atoms with Crippen molar-refractivity contribution in [3.8, 4) is 17.0 Å². The number of aromatic nitrogens is 2. The number of rotatable bonds is 6. The first kappa shape index (κ1) is 13.3. The predicted molar refractivity (Wildman–Crippen MR) is 74.6 cm³/mol. The van der Waals surface area contributed by atoms with Crippen LogP contribution in [0.2, 0.25) is 0 Å². The van der Waals surface area contributed by atoms with Crippen LogP contribution in [-0.2, 0) is 0 Å². The third-order valence-electron chi connectivity index (χ3n) is 2.86. The molecule has 0 aliphatic rings. The Hall–Kier alpha value is -2.10. The van der Waals surface area contributed by atoms with E-state index in [-0.39, 0.29) is 0 Å². The second kappa shape index (κ2) is 6.18. The Bertz CT molecular complexity index is 544. The van der Waals surface area contributed by atoms with Crippen LogP contribution in [0.25, 0.3) is 11.3 Å². The minimum absolute atomic E-state index is 0.511. The summed E-state index contributed by atoms with van der Waals surface area (Å²) in [6.45, 7) is 4.70. The average molecular weight is 258 g/mol. The van der Waals surface area contributed by atoms with Crippen molar-refractivity contribution in [3.05, 3.63) is 35.8 Å². The number of imidazole rings is 1. The summed E-state index contributed by atoms with van der Waals surface area (Å²) in [7, 11) is 0. The number of ether oxygens (including phenoxy) is 1. The molecule has 0 radical (unpaired) electrons. The Morgan fingerprint density at radius 3 is 2.68 bits per heavy atom. The zero-order chi connectivity index (χ0) is 13.7. The Balaban J connectivity index is 2.15. The van der Waals surface area contributed by atoms with Crippen LogP contribution < -0.4 is 4.74 Å². The van der Waals surface area contributed by atoms with Gasteiger partial charge < -0.3 is 9.72 Å². The molecule has 0 aliphatic heterocycles. The van der Waals surface area contributed by atoms with Crippen molar-refractivity contribution < 1.29 is 9.53 Å². The minimum atomic E-state index is 0.511. The summed E-state index contributed by atoms with van der Waals surface area (Å²) >= 11 is 0. The maximum absolute atomic E-state index is 11.0. The molecule has 4 nitrogen and oxygen atoms in total. The summed E-state index contributed by atoms with van der Waals surface area (Å²) in [5.74, 6) is 1.58. The summed E-state index contributed by atoms with van der Waals surface area (Å²) in [5, 5.41) is 0. The van der Waals surface area contributed by atoms with Gasteiger partial charge in [0.15, 0.2) is 6.29 Å². The third-order valence-corrected chi connectivity index (χ3v) is 2.86. The van der Waals surface area contributed by atoms with Crippen LogP contribution in [0, 0.1) is 6.92 Å². The van der Waals surface area contributed by atoms with Crippen LogP contribution in [0.3, 0.4) is 0 Å². The molecule has 0 saturated carbocycles. The van der Waals surface area contributed by atoms with Crippen molar-refractivity contribution in [2.75, 3.05) is 6.61 Å². The monoisotopic (exact) mass is 258 g/mol. The van der Waals surface area contributed by atoms with E-state index in [0.29, 0.717) is 11.4 Å². The third kappa shape index (κ3) is 3.22. The average Bonchev–Trinajstić information content (AvgIpc) is 2.81. The number of nitrogens with one attached hydrogen (secondary N) is 1. The molecule has 1 heterocycles. The molecule has 0 spiro atoms. The molecule has 2 aromatic rings. The molecular weight excluding hydrogens is 240 g/mol. The van der Waals surface area contributed by atoms with Crippen LogP contribution >= 0.6 is 0 Å². The maximum Gasteiger partial charge on any atom is 0.168 e. The van der Waals surface area contributed by atoms with Gasteiger partial charge in [-0.05, 0) is 37.6 Å². The van der Waals surface area contributed by atoms with E-state index in [2.05, 4.69) is 16.9 Å². The molecule has 2 rings (SSSR count). The minimum Gasteiger partial charge on any atom is -0.494 e. The summed E-state index contributed by atoms with van der Waals surface area (Å²) in [6.07, 6.45) is 2.96. The second-order valence-corrected chi connectivity index (χ2v) is 4.43. The summed E-state index contributed by atoms with van der Waals surface area (Å²) in [5.41, 5.74) is 2.11. The van der Waals surface area contributed by atoms with Gasteiger partial charge in [-0.1, -0.05) is 13.3 Å². The summed E-state index contributed by atoms with van der Waals surface area (Å²) in [6, 6.07) is 7.65. The van der Waals surface area contributed by atoms with Gasteiger partial charge in [-0.15, -0.1) is 0 Å². The van der Waals surface area contributed by atoms with Crippen molar-refractivity contribution in [1.29, 1.82) is 0 Å². The first-order valence-corrected chi connectivity index (χ1v) is 6.49. The molecule has 100 valence electrons. The molecule has 0 atom stereocenters. The van der Waals surface area contributed by atoms with E-state index < -0.39 is 0 Å². The van der Waals surface area contributed by atoms with Crippen molar-refractivity contribution in [1.82, 2.24) is 9.97 Å². The molecule has 1 N–H and O–H groups in total. The number of hydrogen-bond acceptors (Lipinski definition) is 3. The number of benzene rings is 1. The van der Waals surface area contributed by atoms with Crippen molar-refractivity contribution in [2.45, 2.75) is 26.7 Å². The van der Waals surface area contributed by atoms with Gasteiger partial charge in [0.05, 0.1) is 12.3 Å². The lowest BCUT2D eigenvalue weighted by molar-refractivity contribution is 0.112. The second-order valence-electron chi connectivity index (χ2n) is 4.43. The van der Waals surface area contributed by atoms with Crippen LogP contribution in [0.5, 0.6) is 5.75 Å². The molecule has 0 saturated heterocycles. The van der Waals surface area contributed by atoms with E-state index in [0.717, 1.165) is 42.9 Å². The van der Waals surface area contributed by atoms with E-state index in [1.807, 2.05) is 31.2 Å². The Labute approximate surface area is 112 Å². The molecule has 0 unspecified atom stereocenters. The van der Waals surface area contributed by atoms with E-state index in [1.54, 1.807) is 0 Å². The zero-order valence-electron chi connectivity index (χ0n) is 11.3. The van der Waals surface area contributed by atoms with E-state index in [1.165, 1.54) is 0 Å². The maximum atomic E-state index is 11.0. The highest BCUT2D eigenvalue weighted by Crippen LogP contribution is 2.23. The van der Waals surface area contributed by atoms with Gasteiger partial charge >= 0.3 is 0 Å². The quantitative estimate of drug-likeness (QED) is 0.638. The van der Waals surface area contributed by atoms with Crippen molar-refractivity contribution in [2.24, 2.45) is 0 Å². The fourth-order valence-electron chi connectivity index (χ4n) is 1.86. The van der Waals surface area contributed by atoms with E-state index in [4.69, 9.17) is 4.74 Å². The number of nitrogens with zero attached hydrogens (tertiary/aromatic N) is 1. The Morgan fingerprint density at radius 2 is 2.05 bits per heavy atom. The number of aryl methyl sites for hydroxylation is 1. The number of carbonyl (C=O) groups excluding carboxylic acids is 1. The van der Waals surface area contributed by atoms with Gasteiger partial charge in [-0.2, -0.15) is 0 Å². The van der Waals surface area contributed by atoms with Crippen LogP contribution in [-0.4, -0.2) is 22.9 Å². The van der Waals surface area contributed by atoms with Crippen LogP contribution in [0.15, 0.2) is 24.3 Å². The highest BCUT2D eigenvalue weighted by Gasteiger charge is 2.09. The van der Waals surface area contributed by atoms with Crippen molar-refractivity contribution in [3.63, 3.8) is 0 Å². The van der Waals surface area contributed by atoms with Gasteiger partial charge in [-0.3, -0.25) is 4.79 Å². The highest BCUT2D eigenvalue weighted by atomic mass is 16.5. The molecule has 0 aliphatic carbocycles. The van der Waals surface area contributed by atoms with E-state index in [9.17, 15) is 4.79 Å². The largest absolute Gasteiger partial charge is 0.494 e. The number of carbonyl (C=O) groups is 1. The normalized spacial score (nSPS) is 10.4. The number of hydrogen-bond donors (Lipinski definition) is 1. The van der Waals surface area contributed by atoms with Crippen molar-refractivity contribution >= 4 is 6.29 Å². The Kier molecular flexibility index (Phi) is 4.34. The Morgan fingerprint density at radius 1 is 1.32 bits per heavy atom. The molecule has 1 aromatic heterocycles. The van der Waals surface area contributed by atoms with Gasteiger partial charge in [0.25, 0.3) is 0 Å². The molecule has 0 bridgehead atoms. The summed E-state index contributed by atoms with van der Waals surface area (Å²) in [4.78, 5) is 18.2. The first-order chi connectivity index (χ1) is 9.24. The lowest BCUT2D eigenvalue weighted by atomic mass is 10.1. The van der Waals surface area contributed by atoms with Crippen LogP contribution in [0.4, 0.5) is 0 Å². The SMILES string of the molecule is CCCCOc1ccc(-c2nc(C)[nH]c2C=O)cc1. The predicted octanol–water partition coefficient (Wildman–Crippen LogP) is 3.38. The zero-order valence-corrected chi connectivity index (χ0v) is 11.3. The fourth-order valence-corrected chi connectivity index (χ4v) is 1.86. The van der Waals surface area contributed by atoms with Gasteiger partial charge in [0, 0.05) is 5.56 Å². The molecule has 19 heavy (non-hydrogen) atoms. The van der Waals surface area contributed by atoms with Gasteiger partial charge in [0.1, 0.15) is 17.3 Å². The molecule has 1 aromatic carbocycles. The number of aromatic amines is 1.